The summed E-state index contributed by atoms with van der Waals surface area (Å²) in [6.45, 7) is 4.71. The van der Waals surface area contributed by atoms with E-state index in [0.29, 0.717) is 5.91 Å². The second kappa shape index (κ2) is 7.65. The van der Waals surface area contributed by atoms with Crippen LogP contribution in [0.2, 0.25) is 0 Å². The Labute approximate surface area is 122 Å². The molecule has 1 saturated heterocycles. The van der Waals surface area contributed by atoms with Gasteiger partial charge in [-0.1, -0.05) is 6.92 Å². The van der Waals surface area contributed by atoms with E-state index < -0.39 is 0 Å². The average Bonchev–Trinajstić information content (AvgIpc) is 2.53. The standard InChI is InChI=1S/C16H28N2O2/c1-2-10-17-15(19)13-6-8-14(9-7-13)16(20)18-11-4-3-5-12-18/h13-14H,2-12H2,1H3,(H,17,19). The van der Waals surface area contributed by atoms with E-state index in [1.165, 1.54) is 6.42 Å². The highest BCUT2D eigenvalue weighted by molar-refractivity contribution is 5.81. The second-order valence-corrected chi connectivity index (χ2v) is 6.23. The maximum Gasteiger partial charge on any atom is 0.225 e. The lowest BCUT2D eigenvalue weighted by Gasteiger charge is -2.33. The van der Waals surface area contributed by atoms with Crippen molar-refractivity contribution in [2.24, 2.45) is 11.8 Å². The van der Waals surface area contributed by atoms with Crippen molar-refractivity contribution in [2.45, 2.75) is 58.3 Å². The number of amides is 2. The zero-order chi connectivity index (χ0) is 14.4. The summed E-state index contributed by atoms with van der Waals surface area (Å²) in [5, 5.41) is 2.98. The third kappa shape index (κ3) is 3.97. The Kier molecular flexibility index (Phi) is 5.86. The lowest BCUT2D eigenvalue weighted by atomic mass is 9.80. The van der Waals surface area contributed by atoms with Crippen molar-refractivity contribution >= 4 is 11.8 Å². The van der Waals surface area contributed by atoms with E-state index in [9.17, 15) is 9.59 Å². The van der Waals surface area contributed by atoms with Crippen LogP contribution in [-0.2, 0) is 9.59 Å². The molecule has 1 saturated carbocycles. The molecule has 1 N–H and O–H groups in total. The highest BCUT2D eigenvalue weighted by Crippen LogP contribution is 2.30. The minimum absolute atomic E-state index is 0.131. The zero-order valence-electron chi connectivity index (χ0n) is 12.7. The SMILES string of the molecule is CCCNC(=O)C1CCC(C(=O)N2CCCCC2)CC1. The van der Waals surface area contributed by atoms with Gasteiger partial charge < -0.3 is 10.2 Å². The predicted octanol–water partition coefficient (Wildman–Crippen LogP) is 2.33. The van der Waals surface area contributed by atoms with Crippen LogP contribution in [0.4, 0.5) is 0 Å². The molecule has 20 heavy (non-hydrogen) atoms. The van der Waals surface area contributed by atoms with E-state index in [4.69, 9.17) is 0 Å². The van der Waals surface area contributed by atoms with Crippen LogP contribution in [0, 0.1) is 11.8 Å². The molecule has 1 heterocycles. The first-order valence-electron chi connectivity index (χ1n) is 8.29. The van der Waals surface area contributed by atoms with E-state index in [0.717, 1.165) is 64.6 Å². The van der Waals surface area contributed by atoms with Crippen molar-refractivity contribution in [3.05, 3.63) is 0 Å². The second-order valence-electron chi connectivity index (χ2n) is 6.23. The third-order valence-corrected chi connectivity index (χ3v) is 4.66. The summed E-state index contributed by atoms with van der Waals surface area (Å²) in [4.78, 5) is 26.4. The normalized spacial score (nSPS) is 27.1. The van der Waals surface area contributed by atoms with Gasteiger partial charge in [0.1, 0.15) is 0 Å². The molecule has 1 aliphatic heterocycles. The molecule has 0 spiro atoms. The molecule has 0 aromatic carbocycles. The van der Waals surface area contributed by atoms with E-state index in [1.54, 1.807) is 0 Å². The van der Waals surface area contributed by atoms with Gasteiger partial charge in [-0.3, -0.25) is 9.59 Å². The number of likely N-dealkylation sites (tertiary alicyclic amines) is 1. The predicted molar refractivity (Wildman–Crippen MR) is 79.2 cm³/mol. The van der Waals surface area contributed by atoms with E-state index >= 15 is 0 Å². The Morgan fingerprint density at radius 2 is 1.60 bits per heavy atom. The van der Waals surface area contributed by atoms with Crippen molar-refractivity contribution in [1.29, 1.82) is 0 Å². The average molecular weight is 280 g/mol. The molecule has 1 aliphatic carbocycles. The zero-order valence-corrected chi connectivity index (χ0v) is 12.7. The quantitative estimate of drug-likeness (QED) is 0.859. The molecule has 0 radical (unpaired) electrons. The van der Waals surface area contributed by atoms with Gasteiger partial charge in [0.05, 0.1) is 0 Å². The number of nitrogens with one attached hydrogen (secondary N) is 1. The van der Waals surface area contributed by atoms with Crippen LogP contribution in [-0.4, -0.2) is 36.3 Å². The third-order valence-electron chi connectivity index (χ3n) is 4.66. The minimum Gasteiger partial charge on any atom is -0.356 e. The molecule has 0 aromatic rings. The molecule has 114 valence electrons. The molecule has 0 bridgehead atoms. The first kappa shape index (κ1) is 15.3. The van der Waals surface area contributed by atoms with Crippen molar-refractivity contribution in [1.82, 2.24) is 10.2 Å². The first-order valence-corrected chi connectivity index (χ1v) is 8.29. The van der Waals surface area contributed by atoms with Crippen LogP contribution in [0.5, 0.6) is 0 Å². The van der Waals surface area contributed by atoms with Gasteiger partial charge in [-0.05, 0) is 51.4 Å². The van der Waals surface area contributed by atoms with Crippen LogP contribution >= 0.6 is 0 Å². The van der Waals surface area contributed by atoms with Gasteiger partial charge >= 0.3 is 0 Å². The summed E-state index contributed by atoms with van der Waals surface area (Å²) in [6, 6.07) is 0. The lowest BCUT2D eigenvalue weighted by molar-refractivity contribution is -0.139. The molecule has 2 aliphatic rings. The molecule has 0 atom stereocenters. The summed E-state index contributed by atoms with van der Waals surface area (Å²) in [6.07, 6.45) is 8.07. The highest BCUT2D eigenvalue weighted by atomic mass is 16.2. The maximum absolute atomic E-state index is 12.4. The highest BCUT2D eigenvalue weighted by Gasteiger charge is 2.32. The van der Waals surface area contributed by atoms with Crippen molar-refractivity contribution in [3.63, 3.8) is 0 Å². The molecule has 4 heteroatoms. The monoisotopic (exact) mass is 280 g/mol. The fraction of sp³-hybridized carbons (Fsp3) is 0.875. The Morgan fingerprint density at radius 1 is 1.00 bits per heavy atom. The Morgan fingerprint density at radius 3 is 2.20 bits per heavy atom. The number of hydrogen-bond donors (Lipinski definition) is 1. The number of carbonyl (C=O) groups is 2. The van der Waals surface area contributed by atoms with E-state index in [2.05, 4.69) is 12.2 Å². The van der Waals surface area contributed by atoms with Gasteiger partial charge in [-0.2, -0.15) is 0 Å². The molecule has 4 nitrogen and oxygen atoms in total. The van der Waals surface area contributed by atoms with Gasteiger partial charge in [0.2, 0.25) is 11.8 Å². The molecule has 0 unspecified atom stereocenters. The summed E-state index contributed by atoms with van der Waals surface area (Å²) < 4.78 is 0. The number of piperidine rings is 1. The van der Waals surface area contributed by atoms with Gasteiger partial charge in [0, 0.05) is 31.5 Å². The first-order chi connectivity index (χ1) is 9.72. The van der Waals surface area contributed by atoms with Crippen molar-refractivity contribution in [3.8, 4) is 0 Å². The fourth-order valence-corrected chi connectivity index (χ4v) is 3.37. The van der Waals surface area contributed by atoms with Crippen LogP contribution in [0.15, 0.2) is 0 Å². The van der Waals surface area contributed by atoms with E-state index in [-0.39, 0.29) is 17.7 Å². The summed E-state index contributed by atoms with van der Waals surface area (Å²) in [7, 11) is 0. The minimum atomic E-state index is 0.131. The summed E-state index contributed by atoms with van der Waals surface area (Å²) in [5.41, 5.74) is 0. The topological polar surface area (TPSA) is 49.4 Å². The summed E-state index contributed by atoms with van der Waals surface area (Å²) >= 11 is 0. The molecule has 2 rings (SSSR count). The number of hydrogen-bond acceptors (Lipinski definition) is 2. The van der Waals surface area contributed by atoms with Gasteiger partial charge in [-0.15, -0.1) is 0 Å². The number of carbonyl (C=O) groups excluding carboxylic acids is 2. The molecule has 0 aromatic heterocycles. The Hall–Kier alpha value is -1.06. The Balaban J connectivity index is 1.75. The smallest absolute Gasteiger partial charge is 0.225 e. The Bertz CT molecular complexity index is 329. The molecular weight excluding hydrogens is 252 g/mol. The number of rotatable bonds is 4. The summed E-state index contributed by atoms with van der Waals surface area (Å²) in [5.74, 6) is 0.836. The fourth-order valence-electron chi connectivity index (χ4n) is 3.37. The van der Waals surface area contributed by atoms with Gasteiger partial charge in [0.25, 0.3) is 0 Å². The molecule has 2 amide bonds. The molecule has 2 fully saturated rings. The van der Waals surface area contributed by atoms with Gasteiger partial charge in [0.15, 0.2) is 0 Å². The molecular formula is C16H28N2O2. The van der Waals surface area contributed by atoms with Crippen LogP contribution in [0.25, 0.3) is 0 Å². The van der Waals surface area contributed by atoms with Crippen molar-refractivity contribution < 1.29 is 9.59 Å². The van der Waals surface area contributed by atoms with Gasteiger partial charge in [-0.25, -0.2) is 0 Å². The largest absolute Gasteiger partial charge is 0.356 e. The van der Waals surface area contributed by atoms with Crippen LogP contribution < -0.4 is 5.32 Å². The maximum atomic E-state index is 12.4. The van der Waals surface area contributed by atoms with Crippen molar-refractivity contribution in [2.75, 3.05) is 19.6 Å². The van der Waals surface area contributed by atoms with E-state index in [1.807, 2.05) is 4.90 Å². The number of nitrogens with zero attached hydrogens (tertiary/aromatic N) is 1. The van der Waals surface area contributed by atoms with Crippen LogP contribution in [0.1, 0.15) is 58.3 Å². The van der Waals surface area contributed by atoms with Crippen LogP contribution in [0.3, 0.4) is 0 Å². The lowest BCUT2D eigenvalue weighted by Crippen LogP contribution is -2.42.